The highest BCUT2D eigenvalue weighted by Crippen LogP contribution is 2.31. The molecule has 10 heteroatoms. The Morgan fingerprint density at radius 1 is 1.31 bits per heavy atom. The zero-order valence-corrected chi connectivity index (χ0v) is 18.6. The molecule has 0 radical (unpaired) electrons. The Kier molecular flexibility index (Phi) is 9.79. The molecule has 3 unspecified atom stereocenters. The first-order chi connectivity index (χ1) is 15.5. The molecule has 0 bridgehead atoms. The van der Waals surface area contributed by atoms with Crippen LogP contribution in [0.25, 0.3) is 0 Å². The summed E-state index contributed by atoms with van der Waals surface area (Å²) in [7, 11) is 1.77. The Morgan fingerprint density at radius 3 is 2.69 bits per heavy atom. The fraction of sp³-hybridized carbons (Fsp3) is 0.682. The van der Waals surface area contributed by atoms with E-state index in [1.165, 1.54) is 32.1 Å². The number of benzene rings is 1. The molecule has 32 heavy (non-hydrogen) atoms. The van der Waals surface area contributed by atoms with Gasteiger partial charge in [0.1, 0.15) is 6.23 Å². The van der Waals surface area contributed by atoms with Crippen LogP contribution in [0.3, 0.4) is 0 Å². The van der Waals surface area contributed by atoms with Crippen molar-refractivity contribution in [1.82, 2.24) is 21.1 Å². The summed E-state index contributed by atoms with van der Waals surface area (Å²) in [5, 5.41) is 14.7. The van der Waals surface area contributed by atoms with Gasteiger partial charge in [0.2, 0.25) is 0 Å². The predicted molar refractivity (Wildman–Crippen MR) is 118 cm³/mol. The number of nitrogens with zero attached hydrogens (tertiary/aromatic N) is 1. The number of carbonyl (C=O) groups is 1. The first kappa shape index (κ1) is 25.0. The number of aliphatic hydroxyl groups excluding tert-OH is 1. The zero-order valence-electron chi connectivity index (χ0n) is 18.6. The van der Waals surface area contributed by atoms with Crippen LogP contribution in [0.4, 0.5) is 4.48 Å². The predicted octanol–water partition coefficient (Wildman–Crippen LogP) is 0.967. The van der Waals surface area contributed by atoms with Crippen LogP contribution in [-0.2, 0) is 9.47 Å². The Balaban J connectivity index is 1.56. The zero-order chi connectivity index (χ0) is 22.9. The van der Waals surface area contributed by atoms with Crippen LogP contribution < -0.4 is 21.9 Å². The lowest BCUT2D eigenvalue weighted by Gasteiger charge is -2.44. The van der Waals surface area contributed by atoms with E-state index in [0.717, 1.165) is 12.1 Å². The number of aliphatic hydroxyl groups is 1. The lowest BCUT2D eigenvalue weighted by atomic mass is 9.87. The highest BCUT2D eigenvalue weighted by Gasteiger charge is 2.35. The largest absolute Gasteiger partial charge is 0.378 e. The van der Waals surface area contributed by atoms with Crippen molar-refractivity contribution in [3.63, 3.8) is 0 Å². The summed E-state index contributed by atoms with van der Waals surface area (Å²) in [4.78, 5) is 15.0. The molecule has 0 aromatic heterocycles. The Hall–Kier alpha value is -1.66. The van der Waals surface area contributed by atoms with Crippen molar-refractivity contribution in [2.24, 2.45) is 11.7 Å². The van der Waals surface area contributed by atoms with Gasteiger partial charge in [-0.15, -0.1) is 10.0 Å². The van der Waals surface area contributed by atoms with Crippen LogP contribution >= 0.6 is 0 Å². The van der Waals surface area contributed by atoms with Crippen molar-refractivity contribution >= 4 is 5.91 Å². The van der Waals surface area contributed by atoms with Gasteiger partial charge in [-0.25, -0.2) is 0 Å². The van der Waals surface area contributed by atoms with Gasteiger partial charge in [-0.1, -0.05) is 31.4 Å². The van der Waals surface area contributed by atoms with Crippen LogP contribution in [0.1, 0.15) is 54.2 Å². The fourth-order valence-corrected chi connectivity index (χ4v) is 4.65. The summed E-state index contributed by atoms with van der Waals surface area (Å²) in [6.07, 6.45) is 3.82. The molecule has 180 valence electrons. The smallest absolute Gasteiger partial charge is 0.251 e. The minimum absolute atomic E-state index is 0.0449. The van der Waals surface area contributed by atoms with Crippen molar-refractivity contribution in [2.45, 2.75) is 56.9 Å². The van der Waals surface area contributed by atoms with E-state index >= 15 is 0 Å². The lowest BCUT2D eigenvalue weighted by molar-refractivity contribution is -0.137. The normalized spacial score (nSPS) is 23.4. The second kappa shape index (κ2) is 12.5. The fourth-order valence-electron chi connectivity index (χ4n) is 4.65. The average Bonchev–Trinajstić information content (AvgIpc) is 2.84. The number of rotatable bonds is 10. The lowest BCUT2D eigenvalue weighted by Crippen LogP contribution is -2.57. The molecule has 1 saturated heterocycles. The van der Waals surface area contributed by atoms with E-state index in [-0.39, 0.29) is 18.2 Å². The van der Waals surface area contributed by atoms with E-state index in [2.05, 4.69) is 15.5 Å². The summed E-state index contributed by atoms with van der Waals surface area (Å²) < 4.78 is 23.8. The monoisotopic (exact) mass is 453 g/mol. The molecule has 1 aromatic rings. The topological polar surface area (TPSA) is 121 Å². The van der Waals surface area contributed by atoms with Crippen LogP contribution in [-0.4, -0.2) is 67.9 Å². The van der Waals surface area contributed by atoms with Crippen molar-refractivity contribution < 1.29 is 23.9 Å². The summed E-state index contributed by atoms with van der Waals surface area (Å²) in [6, 6.07) is 6.67. The molecule has 1 saturated carbocycles. The maximum atomic E-state index is 12.7. The molecule has 4 atom stereocenters. The third-order valence-corrected chi connectivity index (χ3v) is 6.37. The summed E-state index contributed by atoms with van der Waals surface area (Å²) in [5.74, 6) is 0.322. The Bertz CT molecular complexity index is 704. The van der Waals surface area contributed by atoms with E-state index < -0.39 is 12.5 Å². The van der Waals surface area contributed by atoms with E-state index in [1.54, 1.807) is 31.4 Å². The second-order valence-electron chi connectivity index (χ2n) is 8.48. The van der Waals surface area contributed by atoms with E-state index in [4.69, 9.17) is 15.2 Å². The molecule has 2 aliphatic rings. The molecule has 2 fully saturated rings. The molecular formula is C22H36FN5O4. The highest BCUT2D eigenvalue weighted by molar-refractivity contribution is 5.94. The number of carbonyl (C=O) groups excluding carboxylic acids is 1. The van der Waals surface area contributed by atoms with E-state index in [1.807, 2.05) is 0 Å². The van der Waals surface area contributed by atoms with Gasteiger partial charge in [0.25, 0.3) is 5.91 Å². The molecule has 3 rings (SSSR count). The number of morpholine rings is 1. The molecule has 1 amide bonds. The first-order valence-electron chi connectivity index (χ1n) is 11.3. The molecule has 1 aromatic carbocycles. The summed E-state index contributed by atoms with van der Waals surface area (Å²) >= 11 is 0. The number of methoxy groups -OCH3 is 1. The van der Waals surface area contributed by atoms with Gasteiger partial charge in [-0.05, 0) is 36.5 Å². The SMILES string of the molecule is COC(C1CCCCC1)N1CCOC[C@H]1CNC(=O)c1ccc(C(N)NC(O)NF)cc1. The third kappa shape index (κ3) is 6.67. The van der Waals surface area contributed by atoms with Crippen molar-refractivity contribution in [3.8, 4) is 0 Å². The van der Waals surface area contributed by atoms with Crippen molar-refractivity contribution in [2.75, 3.05) is 33.4 Å². The molecule has 6 N–H and O–H groups in total. The van der Waals surface area contributed by atoms with Gasteiger partial charge in [-0.2, -0.15) is 0 Å². The quantitative estimate of drug-likeness (QED) is 0.263. The Labute approximate surface area is 188 Å². The van der Waals surface area contributed by atoms with E-state index in [0.29, 0.717) is 36.8 Å². The molecule has 0 spiro atoms. The first-order valence-corrected chi connectivity index (χ1v) is 11.3. The minimum Gasteiger partial charge on any atom is -0.378 e. The van der Waals surface area contributed by atoms with Gasteiger partial charge >= 0.3 is 0 Å². The number of hydrogen-bond donors (Lipinski definition) is 5. The number of ether oxygens (including phenoxy) is 2. The molecule has 1 aliphatic heterocycles. The molecule has 1 heterocycles. The van der Waals surface area contributed by atoms with Gasteiger partial charge in [-0.3, -0.25) is 15.0 Å². The van der Waals surface area contributed by atoms with Gasteiger partial charge < -0.3 is 25.6 Å². The number of halogens is 1. The highest BCUT2D eigenvalue weighted by atomic mass is 19.2. The Morgan fingerprint density at radius 2 is 2.03 bits per heavy atom. The number of nitrogens with one attached hydrogen (secondary N) is 3. The van der Waals surface area contributed by atoms with Gasteiger partial charge in [0.05, 0.1) is 25.4 Å². The molecule has 1 aliphatic carbocycles. The third-order valence-electron chi connectivity index (χ3n) is 6.37. The standard InChI is InChI=1S/C22H36FN5O4/c1-31-21(17-5-3-2-4-6-17)28-11-12-32-14-18(28)13-25-20(29)16-9-7-15(8-10-16)19(24)26-22(30)27-23/h7-10,17-19,21-22,26-27,30H,2-6,11-14,24H2,1H3,(H,25,29)/t18-,19?,21?,22?/m1/s1. The number of amides is 1. The van der Waals surface area contributed by atoms with Crippen LogP contribution in [0.5, 0.6) is 0 Å². The average molecular weight is 454 g/mol. The number of nitrogens with two attached hydrogens (primary N) is 1. The number of hydrogen-bond acceptors (Lipinski definition) is 8. The van der Waals surface area contributed by atoms with Crippen molar-refractivity contribution in [1.29, 1.82) is 0 Å². The second-order valence-corrected chi connectivity index (χ2v) is 8.48. The van der Waals surface area contributed by atoms with Gasteiger partial charge in [0, 0.05) is 25.8 Å². The van der Waals surface area contributed by atoms with Gasteiger partial charge in [0.15, 0.2) is 6.35 Å². The molecular weight excluding hydrogens is 417 g/mol. The molecule has 9 nitrogen and oxygen atoms in total. The van der Waals surface area contributed by atoms with Crippen LogP contribution in [0.2, 0.25) is 0 Å². The van der Waals surface area contributed by atoms with Crippen LogP contribution in [0.15, 0.2) is 24.3 Å². The van der Waals surface area contributed by atoms with Crippen LogP contribution in [0, 0.1) is 5.92 Å². The maximum absolute atomic E-state index is 12.7. The summed E-state index contributed by atoms with van der Waals surface area (Å²) in [5.41, 5.74) is 8.12. The van der Waals surface area contributed by atoms with E-state index in [9.17, 15) is 14.4 Å². The summed E-state index contributed by atoms with van der Waals surface area (Å²) in [6.45, 7) is 2.47. The van der Waals surface area contributed by atoms with Crippen molar-refractivity contribution in [3.05, 3.63) is 35.4 Å². The minimum atomic E-state index is -1.57. The maximum Gasteiger partial charge on any atom is 0.251 e.